The van der Waals surface area contributed by atoms with Crippen LogP contribution in [0.3, 0.4) is 0 Å². The average molecular weight is 365 g/mol. The molecule has 1 unspecified atom stereocenters. The molecule has 1 heterocycles. The molecule has 136 valence electrons. The number of carbonyl (C=O) groups excluding carboxylic acids is 2. The topological polar surface area (TPSA) is 95.6 Å². The highest BCUT2D eigenvalue weighted by Crippen LogP contribution is 2.22. The van der Waals surface area contributed by atoms with E-state index in [0.29, 0.717) is 5.56 Å². The van der Waals surface area contributed by atoms with Crippen molar-refractivity contribution in [3.8, 4) is 0 Å². The summed E-state index contributed by atoms with van der Waals surface area (Å²) in [6.45, 7) is 2.17. The van der Waals surface area contributed by atoms with Gasteiger partial charge in [-0.15, -0.1) is 0 Å². The molecule has 2 N–H and O–H groups in total. The zero-order valence-corrected chi connectivity index (χ0v) is 15.0. The molecule has 0 radical (unpaired) electrons. The van der Waals surface area contributed by atoms with Crippen LogP contribution in [0.5, 0.6) is 0 Å². The van der Waals surface area contributed by atoms with E-state index in [9.17, 15) is 18.0 Å². The van der Waals surface area contributed by atoms with Crippen molar-refractivity contribution < 1.29 is 18.0 Å². The second-order valence-corrected chi connectivity index (χ2v) is 8.54. The quantitative estimate of drug-likeness (QED) is 0.827. The minimum Gasteiger partial charge on any atom is -0.354 e. The molecule has 1 saturated carbocycles. The van der Waals surface area contributed by atoms with Crippen LogP contribution in [0.25, 0.3) is 0 Å². The summed E-state index contributed by atoms with van der Waals surface area (Å²) in [5.74, 6) is -0.402. The number of amides is 2. The van der Waals surface area contributed by atoms with Gasteiger partial charge in [-0.3, -0.25) is 9.59 Å². The Morgan fingerprint density at radius 1 is 1.32 bits per heavy atom. The molecule has 1 aliphatic carbocycles. The maximum atomic E-state index is 13.0. The third-order valence-electron chi connectivity index (χ3n) is 4.79. The van der Waals surface area contributed by atoms with E-state index in [1.807, 2.05) is 0 Å². The van der Waals surface area contributed by atoms with Crippen LogP contribution in [0, 0.1) is 0 Å². The normalized spacial score (nSPS) is 22.6. The number of nitrogens with zero attached hydrogens (tertiary/aromatic N) is 1. The van der Waals surface area contributed by atoms with Crippen LogP contribution >= 0.6 is 0 Å². The summed E-state index contributed by atoms with van der Waals surface area (Å²) in [4.78, 5) is 23.9. The summed E-state index contributed by atoms with van der Waals surface area (Å²) in [7, 11) is -3.77. The molecule has 0 spiro atoms. The fourth-order valence-corrected chi connectivity index (χ4v) is 4.67. The van der Waals surface area contributed by atoms with E-state index in [1.54, 1.807) is 19.1 Å². The summed E-state index contributed by atoms with van der Waals surface area (Å²) in [5.41, 5.74) is 0.338. The van der Waals surface area contributed by atoms with Crippen molar-refractivity contribution in [1.82, 2.24) is 14.9 Å². The van der Waals surface area contributed by atoms with Crippen LogP contribution < -0.4 is 10.6 Å². The lowest BCUT2D eigenvalue weighted by molar-refractivity contribution is -0.120. The van der Waals surface area contributed by atoms with Gasteiger partial charge in [0.05, 0.1) is 4.90 Å². The van der Waals surface area contributed by atoms with Crippen molar-refractivity contribution in [3.05, 3.63) is 29.8 Å². The van der Waals surface area contributed by atoms with Gasteiger partial charge in [-0.25, -0.2) is 8.42 Å². The molecule has 1 saturated heterocycles. The van der Waals surface area contributed by atoms with Crippen LogP contribution in [-0.4, -0.2) is 49.7 Å². The van der Waals surface area contributed by atoms with Crippen LogP contribution in [-0.2, 0) is 14.8 Å². The third kappa shape index (κ3) is 3.85. The SMILES string of the molecule is CC1CNC(=O)CCN1S(=O)(=O)c1cccc(C(=O)NC2CCC2)c1. The maximum Gasteiger partial charge on any atom is 0.251 e. The zero-order chi connectivity index (χ0) is 18.0. The fraction of sp³-hybridized carbons (Fsp3) is 0.529. The molecule has 2 fully saturated rings. The van der Waals surface area contributed by atoms with E-state index in [-0.39, 0.29) is 48.3 Å². The number of carbonyl (C=O) groups is 2. The molecule has 1 aromatic rings. The second-order valence-electron chi connectivity index (χ2n) is 6.65. The van der Waals surface area contributed by atoms with Crippen LogP contribution in [0.2, 0.25) is 0 Å². The first-order valence-corrected chi connectivity index (χ1v) is 10.0. The minimum absolute atomic E-state index is 0.0787. The van der Waals surface area contributed by atoms with Gasteiger partial charge in [-0.2, -0.15) is 4.31 Å². The van der Waals surface area contributed by atoms with Crippen LogP contribution in [0.15, 0.2) is 29.2 Å². The molecule has 2 aliphatic rings. The van der Waals surface area contributed by atoms with Crippen molar-refractivity contribution in [3.63, 3.8) is 0 Å². The number of rotatable bonds is 4. The summed E-state index contributed by atoms with van der Waals surface area (Å²) in [6, 6.07) is 5.94. The Bertz CT molecular complexity index is 774. The van der Waals surface area contributed by atoms with Crippen molar-refractivity contribution in [2.75, 3.05) is 13.1 Å². The van der Waals surface area contributed by atoms with E-state index in [1.165, 1.54) is 16.4 Å². The Hall–Kier alpha value is -1.93. The molecule has 2 amide bonds. The number of hydrogen-bond donors (Lipinski definition) is 2. The highest BCUT2D eigenvalue weighted by atomic mass is 32.2. The third-order valence-corrected chi connectivity index (χ3v) is 6.80. The highest BCUT2D eigenvalue weighted by Gasteiger charge is 2.32. The molecule has 0 bridgehead atoms. The van der Waals surface area contributed by atoms with E-state index in [4.69, 9.17) is 0 Å². The molecular weight excluding hydrogens is 342 g/mol. The van der Waals surface area contributed by atoms with Gasteiger partial charge < -0.3 is 10.6 Å². The first kappa shape index (κ1) is 17.9. The van der Waals surface area contributed by atoms with E-state index in [0.717, 1.165) is 19.3 Å². The lowest BCUT2D eigenvalue weighted by atomic mass is 9.93. The maximum absolute atomic E-state index is 13.0. The average Bonchev–Trinajstić information content (AvgIpc) is 2.72. The van der Waals surface area contributed by atoms with Crippen molar-refractivity contribution in [2.24, 2.45) is 0 Å². The molecule has 1 atom stereocenters. The van der Waals surface area contributed by atoms with Gasteiger partial charge in [-0.05, 0) is 44.4 Å². The van der Waals surface area contributed by atoms with E-state index < -0.39 is 10.0 Å². The summed E-state index contributed by atoms with van der Waals surface area (Å²) >= 11 is 0. The summed E-state index contributed by atoms with van der Waals surface area (Å²) in [6.07, 6.45) is 3.18. The lowest BCUT2D eigenvalue weighted by Crippen LogP contribution is -2.42. The monoisotopic (exact) mass is 365 g/mol. The molecule has 3 rings (SSSR count). The summed E-state index contributed by atoms with van der Waals surface area (Å²) in [5, 5.41) is 5.62. The highest BCUT2D eigenvalue weighted by molar-refractivity contribution is 7.89. The fourth-order valence-electron chi connectivity index (χ4n) is 3.00. The van der Waals surface area contributed by atoms with Gasteiger partial charge in [-0.1, -0.05) is 6.07 Å². The van der Waals surface area contributed by atoms with Crippen LogP contribution in [0.4, 0.5) is 0 Å². The van der Waals surface area contributed by atoms with E-state index >= 15 is 0 Å². The predicted octanol–water partition coefficient (Wildman–Crippen LogP) is 0.868. The Morgan fingerprint density at radius 2 is 2.08 bits per heavy atom. The zero-order valence-electron chi connectivity index (χ0n) is 14.2. The standard InChI is InChI=1S/C17H23N3O4S/c1-12-11-18-16(21)8-9-20(12)25(23,24)15-7-2-4-13(10-15)17(22)19-14-5-3-6-14/h2,4,7,10,12,14H,3,5-6,8-9,11H2,1H3,(H,18,21)(H,19,22). The van der Waals surface area contributed by atoms with Crippen molar-refractivity contribution >= 4 is 21.8 Å². The second kappa shape index (κ2) is 7.13. The first-order valence-electron chi connectivity index (χ1n) is 8.57. The smallest absolute Gasteiger partial charge is 0.251 e. The molecule has 1 aromatic carbocycles. The summed E-state index contributed by atoms with van der Waals surface area (Å²) < 4.78 is 27.3. The van der Waals surface area contributed by atoms with Crippen molar-refractivity contribution in [1.29, 1.82) is 0 Å². The first-order chi connectivity index (χ1) is 11.9. The van der Waals surface area contributed by atoms with Crippen LogP contribution in [0.1, 0.15) is 43.0 Å². The molecule has 8 heteroatoms. The predicted molar refractivity (Wildman–Crippen MR) is 92.5 cm³/mol. The molecule has 25 heavy (non-hydrogen) atoms. The van der Waals surface area contributed by atoms with Gasteiger partial charge in [0.15, 0.2) is 0 Å². The number of benzene rings is 1. The van der Waals surface area contributed by atoms with Gasteiger partial charge in [0.2, 0.25) is 15.9 Å². The minimum atomic E-state index is -3.77. The van der Waals surface area contributed by atoms with Gasteiger partial charge >= 0.3 is 0 Å². The van der Waals surface area contributed by atoms with Gasteiger partial charge in [0.25, 0.3) is 5.91 Å². The largest absolute Gasteiger partial charge is 0.354 e. The number of sulfonamides is 1. The number of nitrogens with one attached hydrogen (secondary N) is 2. The van der Waals surface area contributed by atoms with Gasteiger partial charge in [0, 0.05) is 37.2 Å². The molecule has 0 aromatic heterocycles. The van der Waals surface area contributed by atoms with Gasteiger partial charge in [0.1, 0.15) is 0 Å². The Labute approximate surface area is 147 Å². The lowest BCUT2D eigenvalue weighted by Gasteiger charge is -2.27. The van der Waals surface area contributed by atoms with Crippen molar-refractivity contribution in [2.45, 2.75) is 49.6 Å². The molecular formula is C17H23N3O4S. The Kier molecular flexibility index (Phi) is 5.10. The van der Waals surface area contributed by atoms with E-state index in [2.05, 4.69) is 10.6 Å². The Balaban J connectivity index is 1.82. The molecule has 7 nitrogen and oxygen atoms in total. The molecule has 1 aliphatic heterocycles. The Morgan fingerprint density at radius 3 is 2.76 bits per heavy atom. The number of hydrogen-bond acceptors (Lipinski definition) is 4.